The third-order valence-corrected chi connectivity index (χ3v) is 4.53. The van der Waals surface area contributed by atoms with E-state index in [0.29, 0.717) is 6.04 Å². The smallest absolute Gasteiger partial charge is 0.0860 e. The molecule has 0 atom stereocenters. The minimum Gasteiger partial charge on any atom is -0.399 e. The first-order valence-corrected chi connectivity index (χ1v) is 7.69. The van der Waals surface area contributed by atoms with E-state index in [1.165, 1.54) is 18.4 Å². The van der Waals surface area contributed by atoms with E-state index in [1.807, 2.05) is 30.8 Å². The summed E-state index contributed by atoms with van der Waals surface area (Å²) in [6.45, 7) is 3.71. The van der Waals surface area contributed by atoms with Crippen molar-refractivity contribution in [3.8, 4) is 0 Å². The van der Waals surface area contributed by atoms with Gasteiger partial charge in [0.15, 0.2) is 0 Å². The Hall–Kier alpha value is -1.52. The molecule has 1 fully saturated rings. The number of hydrogen-bond donors (Lipinski definition) is 1. The van der Waals surface area contributed by atoms with Crippen LogP contribution in [0.4, 0.5) is 5.69 Å². The van der Waals surface area contributed by atoms with Crippen molar-refractivity contribution in [1.29, 1.82) is 0 Å². The Morgan fingerprint density at radius 2 is 1.95 bits per heavy atom. The fraction of sp³-hybridized carbons (Fsp3) is 0.438. The number of benzene rings is 1. The van der Waals surface area contributed by atoms with Crippen LogP contribution in [0.5, 0.6) is 0 Å². The summed E-state index contributed by atoms with van der Waals surface area (Å²) in [5.41, 5.74) is 9.84. The molecular formula is C16H21ClN4. The van der Waals surface area contributed by atoms with E-state index in [4.69, 9.17) is 17.3 Å². The Labute approximate surface area is 130 Å². The van der Waals surface area contributed by atoms with Crippen LogP contribution in [-0.2, 0) is 20.1 Å². The van der Waals surface area contributed by atoms with Crippen LogP contribution in [0.2, 0.25) is 5.02 Å². The monoisotopic (exact) mass is 304 g/mol. The van der Waals surface area contributed by atoms with Gasteiger partial charge in [0.25, 0.3) is 0 Å². The van der Waals surface area contributed by atoms with Crippen LogP contribution in [-0.4, -0.2) is 20.7 Å². The molecule has 0 bridgehead atoms. The molecule has 1 aromatic heterocycles. The third kappa shape index (κ3) is 3.22. The van der Waals surface area contributed by atoms with Crippen LogP contribution in [0.15, 0.2) is 24.3 Å². The molecular weight excluding hydrogens is 284 g/mol. The predicted molar refractivity (Wildman–Crippen MR) is 86.1 cm³/mol. The summed E-state index contributed by atoms with van der Waals surface area (Å²) < 4.78 is 1.90. The molecule has 0 unspecified atom stereocenters. The lowest BCUT2D eigenvalue weighted by atomic mass is 10.2. The summed E-state index contributed by atoms with van der Waals surface area (Å²) in [7, 11) is 1.96. The number of anilines is 1. The van der Waals surface area contributed by atoms with Crippen LogP contribution in [0.25, 0.3) is 0 Å². The number of nitrogens with zero attached hydrogens (tertiary/aromatic N) is 3. The lowest BCUT2D eigenvalue weighted by molar-refractivity contribution is 0.239. The molecule has 0 saturated heterocycles. The van der Waals surface area contributed by atoms with Gasteiger partial charge in [-0.2, -0.15) is 5.10 Å². The van der Waals surface area contributed by atoms with Gasteiger partial charge in [-0.25, -0.2) is 0 Å². The Kier molecular flexibility index (Phi) is 3.91. The standard InChI is InChI=1S/C16H21ClN4/c1-11-16(17)15(20(2)19-11)10-21(14-7-8-14)9-12-3-5-13(18)6-4-12/h3-6,14H,7-10,18H2,1-2H3. The summed E-state index contributed by atoms with van der Waals surface area (Å²) in [6.07, 6.45) is 2.53. The van der Waals surface area contributed by atoms with Crippen molar-refractivity contribution < 1.29 is 0 Å². The lowest BCUT2D eigenvalue weighted by Gasteiger charge is -2.22. The van der Waals surface area contributed by atoms with Crippen LogP contribution in [0, 0.1) is 6.92 Å². The summed E-state index contributed by atoms with van der Waals surface area (Å²) in [6, 6.07) is 8.78. The van der Waals surface area contributed by atoms with Crippen LogP contribution in [0.3, 0.4) is 0 Å². The minimum absolute atomic E-state index is 0.661. The summed E-state index contributed by atoms with van der Waals surface area (Å²) >= 11 is 6.38. The van der Waals surface area contributed by atoms with Gasteiger partial charge in [0.1, 0.15) is 0 Å². The molecule has 2 aromatic rings. The van der Waals surface area contributed by atoms with Gasteiger partial charge in [-0.1, -0.05) is 23.7 Å². The number of rotatable bonds is 5. The second-order valence-electron chi connectivity index (χ2n) is 5.85. The van der Waals surface area contributed by atoms with Crippen molar-refractivity contribution in [2.24, 2.45) is 7.05 Å². The molecule has 0 aliphatic heterocycles. The maximum atomic E-state index is 6.38. The molecule has 1 aromatic carbocycles. The zero-order valence-electron chi connectivity index (χ0n) is 12.5. The molecule has 5 heteroatoms. The molecule has 1 aliphatic rings. The zero-order valence-corrected chi connectivity index (χ0v) is 13.3. The van der Waals surface area contributed by atoms with Gasteiger partial charge >= 0.3 is 0 Å². The number of aromatic nitrogens is 2. The highest BCUT2D eigenvalue weighted by Crippen LogP contribution is 2.31. The van der Waals surface area contributed by atoms with Gasteiger partial charge in [0, 0.05) is 31.9 Å². The van der Waals surface area contributed by atoms with E-state index in [9.17, 15) is 0 Å². The van der Waals surface area contributed by atoms with Crippen LogP contribution in [0.1, 0.15) is 29.8 Å². The molecule has 4 nitrogen and oxygen atoms in total. The van der Waals surface area contributed by atoms with Gasteiger partial charge < -0.3 is 5.73 Å². The maximum Gasteiger partial charge on any atom is 0.0860 e. The molecule has 1 aliphatic carbocycles. The first-order chi connectivity index (χ1) is 10.0. The second kappa shape index (κ2) is 5.70. The Bertz CT molecular complexity index is 628. The number of hydrogen-bond acceptors (Lipinski definition) is 3. The van der Waals surface area contributed by atoms with Gasteiger partial charge in [-0.3, -0.25) is 9.58 Å². The fourth-order valence-corrected chi connectivity index (χ4v) is 2.88. The maximum absolute atomic E-state index is 6.38. The fourth-order valence-electron chi connectivity index (χ4n) is 2.66. The van der Waals surface area contributed by atoms with E-state index in [1.54, 1.807) is 0 Å². The predicted octanol–water partition coefficient (Wildman–Crippen LogP) is 3.13. The largest absolute Gasteiger partial charge is 0.399 e. The van der Waals surface area contributed by atoms with Gasteiger partial charge in [-0.05, 0) is 37.5 Å². The van der Waals surface area contributed by atoms with Crippen LogP contribution >= 0.6 is 11.6 Å². The van der Waals surface area contributed by atoms with Crippen LogP contribution < -0.4 is 5.73 Å². The highest BCUT2D eigenvalue weighted by atomic mass is 35.5. The normalized spacial score (nSPS) is 14.9. The third-order valence-electron chi connectivity index (χ3n) is 4.04. The molecule has 3 rings (SSSR count). The average molecular weight is 305 g/mol. The van der Waals surface area contributed by atoms with Crippen molar-refractivity contribution in [2.75, 3.05) is 5.73 Å². The molecule has 1 heterocycles. The van der Waals surface area contributed by atoms with Gasteiger partial charge in [-0.15, -0.1) is 0 Å². The molecule has 0 radical (unpaired) electrons. The van der Waals surface area contributed by atoms with Crippen molar-refractivity contribution in [2.45, 2.75) is 38.9 Å². The molecule has 1 saturated carbocycles. The molecule has 2 N–H and O–H groups in total. The van der Waals surface area contributed by atoms with Crippen molar-refractivity contribution in [3.05, 3.63) is 46.2 Å². The highest BCUT2D eigenvalue weighted by Gasteiger charge is 2.30. The summed E-state index contributed by atoms with van der Waals surface area (Å²) in [5.74, 6) is 0. The van der Waals surface area contributed by atoms with E-state index in [0.717, 1.165) is 35.2 Å². The summed E-state index contributed by atoms with van der Waals surface area (Å²) in [5, 5.41) is 5.20. The Morgan fingerprint density at radius 3 is 2.48 bits per heavy atom. The molecule has 112 valence electrons. The number of nitrogens with two attached hydrogens (primary N) is 1. The van der Waals surface area contributed by atoms with Gasteiger partial charge in [0.05, 0.1) is 16.4 Å². The Morgan fingerprint density at radius 1 is 1.29 bits per heavy atom. The van der Waals surface area contributed by atoms with E-state index in [-0.39, 0.29) is 0 Å². The highest BCUT2D eigenvalue weighted by molar-refractivity contribution is 6.31. The number of nitrogen functional groups attached to an aromatic ring is 1. The zero-order chi connectivity index (χ0) is 15.0. The number of aryl methyl sites for hydroxylation is 2. The molecule has 0 spiro atoms. The first-order valence-electron chi connectivity index (χ1n) is 7.31. The van der Waals surface area contributed by atoms with Crippen molar-refractivity contribution >= 4 is 17.3 Å². The SMILES string of the molecule is Cc1nn(C)c(CN(Cc2ccc(N)cc2)C2CC2)c1Cl. The van der Waals surface area contributed by atoms with E-state index >= 15 is 0 Å². The second-order valence-corrected chi connectivity index (χ2v) is 6.23. The topological polar surface area (TPSA) is 47.1 Å². The first kappa shape index (κ1) is 14.4. The Balaban J connectivity index is 1.77. The summed E-state index contributed by atoms with van der Waals surface area (Å²) in [4.78, 5) is 2.48. The van der Waals surface area contributed by atoms with E-state index in [2.05, 4.69) is 22.1 Å². The van der Waals surface area contributed by atoms with Crippen molar-refractivity contribution in [3.63, 3.8) is 0 Å². The van der Waals surface area contributed by atoms with E-state index < -0.39 is 0 Å². The molecule has 21 heavy (non-hydrogen) atoms. The number of halogens is 1. The van der Waals surface area contributed by atoms with Gasteiger partial charge in [0.2, 0.25) is 0 Å². The minimum atomic E-state index is 0.661. The average Bonchev–Trinajstić information content (AvgIpc) is 3.25. The van der Waals surface area contributed by atoms with Crippen molar-refractivity contribution in [1.82, 2.24) is 14.7 Å². The lowest BCUT2D eigenvalue weighted by Crippen LogP contribution is -2.26. The quantitative estimate of drug-likeness (QED) is 0.863. The molecule has 0 amide bonds.